The summed E-state index contributed by atoms with van der Waals surface area (Å²) in [6, 6.07) is 0. The second kappa shape index (κ2) is 4.25. The third kappa shape index (κ3) is 13.2. The van der Waals surface area contributed by atoms with Crippen LogP contribution >= 0.6 is 12.4 Å². The SMILES string of the molecule is CC(C)(N)COS(C)(=O)=O.Cl. The van der Waals surface area contributed by atoms with Gasteiger partial charge in [-0.3, -0.25) is 4.18 Å². The zero-order valence-electron chi connectivity index (χ0n) is 6.83. The molecular weight excluding hydrogens is 190 g/mol. The summed E-state index contributed by atoms with van der Waals surface area (Å²) >= 11 is 0. The van der Waals surface area contributed by atoms with Crippen molar-refractivity contribution >= 4 is 22.5 Å². The van der Waals surface area contributed by atoms with Gasteiger partial charge >= 0.3 is 0 Å². The second-order valence-electron chi connectivity index (χ2n) is 2.95. The Morgan fingerprint density at radius 2 is 1.82 bits per heavy atom. The predicted molar refractivity (Wildman–Crippen MR) is 46.3 cm³/mol. The van der Waals surface area contributed by atoms with E-state index in [1.807, 2.05) is 0 Å². The van der Waals surface area contributed by atoms with Gasteiger partial charge in [0.05, 0.1) is 12.9 Å². The quantitative estimate of drug-likeness (QED) is 0.662. The first kappa shape index (κ1) is 13.7. The molecule has 0 aromatic rings. The summed E-state index contributed by atoms with van der Waals surface area (Å²) < 4.78 is 25.2. The number of rotatable bonds is 3. The second-order valence-corrected chi connectivity index (χ2v) is 4.60. The molecule has 0 saturated heterocycles. The van der Waals surface area contributed by atoms with Gasteiger partial charge in [0.1, 0.15) is 0 Å². The third-order valence-corrected chi connectivity index (χ3v) is 1.19. The van der Waals surface area contributed by atoms with Gasteiger partial charge in [0.25, 0.3) is 10.1 Å². The molecule has 0 aliphatic heterocycles. The molecule has 0 atom stereocenters. The van der Waals surface area contributed by atoms with E-state index in [9.17, 15) is 8.42 Å². The fraction of sp³-hybridized carbons (Fsp3) is 1.00. The molecule has 0 heterocycles. The van der Waals surface area contributed by atoms with Crippen molar-refractivity contribution in [3.8, 4) is 0 Å². The zero-order valence-corrected chi connectivity index (χ0v) is 8.46. The van der Waals surface area contributed by atoms with Crippen LogP contribution in [0.5, 0.6) is 0 Å². The van der Waals surface area contributed by atoms with Gasteiger partial charge in [-0.15, -0.1) is 12.4 Å². The van der Waals surface area contributed by atoms with Crippen LogP contribution < -0.4 is 5.73 Å². The molecule has 0 radical (unpaired) electrons. The predicted octanol–water partition coefficient (Wildman–Crippen LogP) is 0.122. The summed E-state index contributed by atoms with van der Waals surface area (Å²) in [6.45, 7) is 3.40. The Labute approximate surface area is 73.6 Å². The zero-order chi connectivity index (χ0) is 8.41. The molecule has 0 aliphatic carbocycles. The highest BCUT2D eigenvalue weighted by atomic mass is 35.5. The minimum atomic E-state index is -3.34. The van der Waals surface area contributed by atoms with E-state index in [4.69, 9.17) is 5.73 Å². The number of halogens is 1. The highest BCUT2D eigenvalue weighted by Crippen LogP contribution is 1.99. The number of hydrogen-bond donors (Lipinski definition) is 1. The number of nitrogens with two attached hydrogens (primary N) is 1. The molecule has 6 heteroatoms. The molecule has 0 unspecified atom stereocenters. The Morgan fingerprint density at radius 3 is 1.91 bits per heavy atom. The smallest absolute Gasteiger partial charge is 0.264 e. The largest absolute Gasteiger partial charge is 0.324 e. The molecule has 0 spiro atoms. The van der Waals surface area contributed by atoms with Gasteiger partial charge in [-0.25, -0.2) is 0 Å². The van der Waals surface area contributed by atoms with Crippen LogP contribution in [0.3, 0.4) is 0 Å². The minimum Gasteiger partial charge on any atom is -0.324 e. The molecule has 0 aliphatic rings. The summed E-state index contributed by atoms with van der Waals surface area (Å²) in [4.78, 5) is 0. The van der Waals surface area contributed by atoms with Crippen molar-refractivity contribution in [2.45, 2.75) is 19.4 Å². The Bertz CT molecular complexity index is 194. The Kier molecular flexibility index (Phi) is 5.31. The van der Waals surface area contributed by atoms with Gasteiger partial charge in [0.2, 0.25) is 0 Å². The standard InChI is InChI=1S/C5H13NO3S.ClH/c1-5(2,6)4-9-10(3,7)8;/h4,6H2,1-3H3;1H. The van der Waals surface area contributed by atoms with Gasteiger partial charge in [0.15, 0.2) is 0 Å². The lowest BCUT2D eigenvalue weighted by Gasteiger charge is -2.16. The topological polar surface area (TPSA) is 69.4 Å². The van der Waals surface area contributed by atoms with Crippen molar-refractivity contribution in [3.63, 3.8) is 0 Å². The molecule has 0 aromatic heterocycles. The fourth-order valence-electron chi connectivity index (χ4n) is 0.259. The van der Waals surface area contributed by atoms with Gasteiger partial charge in [-0.2, -0.15) is 8.42 Å². The molecule has 2 N–H and O–H groups in total. The van der Waals surface area contributed by atoms with Crippen LogP contribution in [0.15, 0.2) is 0 Å². The summed E-state index contributed by atoms with van der Waals surface area (Å²) in [5, 5.41) is 0. The van der Waals surface area contributed by atoms with E-state index >= 15 is 0 Å². The van der Waals surface area contributed by atoms with E-state index < -0.39 is 15.7 Å². The average molecular weight is 204 g/mol. The van der Waals surface area contributed by atoms with Crippen LogP contribution in [0.2, 0.25) is 0 Å². The summed E-state index contributed by atoms with van der Waals surface area (Å²) in [7, 11) is -3.34. The monoisotopic (exact) mass is 203 g/mol. The van der Waals surface area contributed by atoms with Crippen molar-refractivity contribution in [1.82, 2.24) is 0 Å². The summed E-state index contributed by atoms with van der Waals surface area (Å²) in [5.41, 5.74) is 4.86. The Morgan fingerprint density at radius 1 is 1.45 bits per heavy atom. The van der Waals surface area contributed by atoms with E-state index in [0.717, 1.165) is 6.26 Å². The maximum atomic E-state index is 10.4. The minimum absolute atomic E-state index is 0. The molecule has 11 heavy (non-hydrogen) atoms. The lowest BCUT2D eigenvalue weighted by Crippen LogP contribution is -2.38. The van der Waals surface area contributed by atoms with Crippen LogP contribution in [0.4, 0.5) is 0 Å². The lowest BCUT2D eigenvalue weighted by molar-refractivity contribution is 0.250. The van der Waals surface area contributed by atoms with Crippen LogP contribution in [0.1, 0.15) is 13.8 Å². The molecule has 0 rings (SSSR count). The van der Waals surface area contributed by atoms with Crippen LogP contribution in [0, 0.1) is 0 Å². The molecule has 70 valence electrons. The maximum Gasteiger partial charge on any atom is 0.264 e. The fourth-order valence-corrected chi connectivity index (χ4v) is 0.777. The highest BCUT2D eigenvalue weighted by molar-refractivity contribution is 7.85. The normalized spacial score (nSPS) is 12.4. The highest BCUT2D eigenvalue weighted by Gasteiger charge is 2.13. The van der Waals surface area contributed by atoms with Gasteiger partial charge in [0, 0.05) is 5.54 Å². The van der Waals surface area contributed by atoms with Gasteiger partial charge in [-0.1, -0.05) is 0 Å². The van der Waals surface area contributed by atoms with Crippen molar-refractivity contribution in [2.75, 3.05) is 12.9 Å². The Hall–Kier alpha value is 0.160. The third-order valence-electron chi connectivity index (χ3n) is 0.645. The first-order chi connectivity index (χ1) is 4.21. The van der Waals surface area contributed by atoms with E-state index in [1.54, 1.807) is 13.8 Å². The van der Waals surface area contributed by atoms with Crippen LogP contribution in [-0.2, 0) is 14.3 Å². The van der Waals surface area contributed by atoms with E-state index in [1.165, 1.54) is 0 Å². The average Bonchev–Trinajstić information content (AvgIpc) is 1.57. The van der Waals surface area contributed by atoms with Crippen molar-refractivity contribution in [3.05, 3.63) is 0 Å². The Balaban J connectivity index is 0. The lowest BCUT2D eigenvalue weighted by atomic mass is 10.1. The first-order valence-electron chi connectivity index (χ1n) is 2.84. The molecule has 4 nitrogen and oxygen atoms in total. The summed E-state index contributed by atoms with van der Waals surface area (Å²) in [5.74, 6) is 0. The van der Waals surface area contributed by atoms with E-state index in [0.29, 0.717) is 0 Å². The molecule has 0 fully saturated rings. The maximum absolute atomic E-state index is 10.4. The van der Waals surface area contributed by atoms with Crippen molar-refractivity contribution in [2.24, 2.45) is 5.73 Å². The van der Waals surface area contributed by atoms with Crippen LogP contribution in [0.25, 0.3) is 0 Å². The molecule has 0 bridgehead atoms. The van der Waals surface area contributed by atoms with E-state index in [-0.39, 0.29) is 19.0 Å². The molecular formula is C5H14ClNO3S. The molecule has 0 amide bonds. The van der Waals surface area contributed by atoms with Crippen LogP contribution in [-0.4, -0.2) is 26.8 Å². The molecule has 0 aromatic carbocycles. The first-order valence-corrected chi connectivity index (χ1v) is 4.66. The van der Waals surface area contributed by atoms with Gasteiger partial charge in [-0.05, 0) is 13.8 Å². The molecule has 0 saturated carbocycles. The van der Waals surface area contributed by atoms with Crippen molar-refractivity contribution in [1.29, 1.82) is 0 Å². The number of hydrogen-bond acceptors (Lipinski definition) is 4. The van der Waals surface area contributed by atoms with E-state index in [2.05, 4.69) is 4.18 Å². The van der Waals surface area contributed by atoms with Crippen molar-refractivity contribution < 1.29 is 12.6 Å². The summed E-state index contributed by atoms with van der Waals surface area (Å²) in [6.07, 6.45) is 0.999. The van der Waals surface area contributed by atoms with Gasteiger partial charge < -0.3 is 5.73 Å².